The van der Waals surface area contributed by atoms with Gasteiger partial charge in [-0.1, -0.05) is 17.7 Å². The number of nitrogens with two attached hydrogens (primary N) is 1. The molecule has 102 valence electrons. The zero-order valence-electron chi connectivity index (χ0n) is 10.6. The van der Waals surface area contributed by atoms with Crippen molar-refractivity contribution in [3.05, 3.63) is 23.2 Å². The van der Waals surface area contributed by atoms with Gasteiger partial charge in [0.2, 0.25) is 10.0 Å². The van der Waals surface area contributed by atoms with Crippen molar-refractivity contribution in [2.24, 2.45) is 0 Å². The molecule has 5 nitrogen and oxygen atoms in total. The van der Waals surface area contributed by atoms with Crippen LogP contribution in [0.3, 0.4) is 0 Å². The Kier molecular flexibility index (Phi) is 4.98. The third-order valence-corrected chi connectivity index (χ3v) is 4.68. The van der Waals surface area contributed by atoms with E-state index in [1.165, 1.54) is 12.1 Å². The van der Waals surface area contributed by atoms with Crippen molar-refractivity contribution in [2.75, 3.05) is 26.4 Å². The van der Waals surface area contributed by atoms with Gasteiger partial charge in [-0.2, -0.15) is 0 Å². The fourth-order valence-corrected chi connectivity index (χ4v) is 3.09. The highest BCUT2D eigenvalue weighted by molar-refractivity contribution is 7.89. The first-order chi connectivity index (χ1) is 8.25. The van der Waals surface area contributed by atoms with Gasteiger partial charge < -0.3 is 10.6 Å². The number of nitrogens with one attached hydrogen (secondary N) is 1. The number of hydrogen-bond donors (Lipinski definition) is 2. The Morgan fingerprint density at radius 3 is 2.56 bits per heavy atom. The average Bonchev–Trinajstić information content (AvgIpc) is 2.25. The van der Waals surface area contributed by atoms with Crippen LogP contribution in [0.25, 0.3) is 0 Å². The van der Waals surface area contributed by atoms with Crippen molar-refractivity contribution in [3.8, 4) is 0 Å². The maximum atomic E-state index is 12.1. The van der Waals surface area contributed by atoms with E-state index in [1.54, 1.807) is 6.07 Å². The number of nitrogen functional groups attached to an aromatic ring is 1. The summed E-state index contributed by atoms with van der Waals surface area (Å²) in [6.45, 7) is 2.21. The summed E-state index contributed by atoms with van der Waals surface area (Å²) in [6.07, 6.45) is 0. The van der Waals surface area contributed by atoms with Gasteiger partial charge in [-0.15, -0.1) is 0 Å². The third-order valence-electron chi connectivity index (χ3n) is 2.72. The summed E-state index contributed by atoms with van der Waals surface area (Å²) < 4.78 is 26.7. The van der Waals surface area contributed by atoms with Crippen molar-refractivity contribution >= 4 is 27.3 Å². The molecular formula is C11H18ClN3O2S. The zero-order chi connectivity index (χ0) is 13.9. The van der Waals surface area contributed by atoms with E-state index in [-0.39, 0.29) is 21.6 Å². The molecule has 0 aliphatic rings. The third kappa shape index (κ3) is 3.58. The van der Waals surface area contributed by atoms with Crippen LogP contribution >= 0.6 is 11.6 Å². The van der Waals surface area contributed by atoms with Gasteiger partial charge in [0.1, 0.15) is 4.90 Å². The molecule has 0 saturated heterocycles. The molecule has 1 aromatic rings. The normalized spacial score (nSPS) is 13.8. The number of rotatable bonds is 5. The number of hydrogen-bond acceptors (Lipinski definition) is 4. The molecule has 0 heterocycles. The van der Waals surface area contributed by atoms with Crippen LogP contribution in [-0.2, 0) is 10.0 Å². The Bertz CT molecular complexity index is 497. The largest absolute Gasteiger partial charge is 0.398 e. The minimum atomic E-state index is -3.68. The van der Waals surface area contributed by atoms with E-state index in [2.05, 4.69) is 4.72 Å². The monoisotopic (exact) mass is 291 g/mol. The summed E-state index contributed by atoms with van der Waals surface area (Å²) in [4.78, 5) is 1.86. The lowest BCUT2D eigenvalue weighted by Gasteiger charge is -2.20. The lowest BCUT2D eigenvalue weighted by atomic mass is 10.3. The van der Waals surface area contributed by atoms with Gasteiger partial charge in [0.25, 0.3) is 0 Å². The predicted octanol–water partition coefficient (Wildman–Crippen LogP) is 1.15. The van der Waals surface area contributed by atoms with Gasteiger partial charge in [0, 0.05) is 12.6 Å². The maximum absolute atomic E-state index is 12.1. The summed E-state index contributed by atoms with van der Waals surface area (Å²) in [5.74, 6) is 0. The van der Waals surface area contributed by atoms with Crippen LogP contribution in [-0.4, -0.2) is 40.0 Å². The average molecular weight is 292 g/mol. The molecule has 0 aromatic heterocycles. The van der Waals surface area contributed by atoms with Crippen LogP contribution in [0, 0.1) is 0 Å². The molecular weight excluding hydrogens is 274 g/mol. The molecule has 0 bridgehead atoms. The number of benzene rings is 1. The highest BCUT2D eigenvalue weighted by Gasteiger charge is 2.21. The fraction of sp³-hybridized carbons (Fsp3) is 0.455. The molecule has 0 aliphatic carbocycles. The summed E-state index contributed by atoms with van der Waals surface area (Å²) >= 11 is 5.88. The Morgan fingerprint density at radius 1 is 1.44 bits per heavy atom. The highest BCUT2D eigenvalue weighted by atomic mass is 35.5. The Hall–Kier alpha value is -0.820. The van der Waals surface area contributed by atoms with Crippen LogP contribution < -0.4 is 10.5 Å². The molecule has 3 N–H and O–H groups in total. The number of halogens is 1. The Morgan fingerprint density at radius 2 is 2.06 bits per heavy atom. The van der Waals surface area contributed by atoms with Gasteiger partial charge >= 0.3 is 0 Å². The molecule has 0 saturated carbocycles. The first kappa shape index (κ1) is 15.2. The number of likely N-dealkylation sites (N-methyl/N-ethyl adjacent to an activating group) is 1. The van der Waals surface area contributed by atoms with E-state index in [1.807, 2.05) is 25.9 Å². The van der Waals surface area contributed by atoms with Gasteiger partial charge in [-0.3, -0.25) is 0 Å². The van der Waals surface area contributed by atoms with Gasteiger partial charge in [0.05, 0.1) is 10.7 Å². The molecule has 0 spiro atoms. The highest BCUT2D eigenvalue weighted by Crippen LogP contribution is 2.26. The minimum absolute atomic E-state index is 0.0578. The van der Waals surface area contributed by atoms with Crippen LogP contribution in [0.4, 0.5) is 5.69 Å². The minimum Gasteiger partial charge on any atom is -0.398 e. The van der Waals surface area contributed by atoms with Crippen LogP contribution in [0.15, 0.2) is 23.1 Å². The number of anilines is 1. The number of nitrogens with zero attached hydrogens (tertiary/aromatic N) is 1. The predicted molar refractivity (Wildman–Crippen MR) is 74.2 cm³/mol. The molecule has 0 radical (unpaired) electrons. The van der Waals surface area contributed by atoms with E-state index >= 15 is 0 Å². The van der Waals surface area contributed by atoms with Crippen molar-refractivity contribution in [2.45, 2.75) is 17.9 Å². The Balaban J connectivity index is 2.94. The van der Waals surface area contributed by atoms with E-state index in [4.69, 9.17) is 17.3 Å². The maximum Gasteiger partial charge on any atom is 0.244 e. The molecule has 7 heteroatoms. The smallest absolute Gasteiger partial charge is 0.244 e. The Labute approximate surface area is 113 Å². The van der Waals surface area contributed by atoms with Crippen molar-refractivity contribution in [1.29, 1.82) is 0 Å². The van der Waals surface area contributed by atoms with Crippen molar-refractivity contribution in [3.63, 3.8) is 0 Å². The van der Waals surface area contributed by atoms with E-state index in [0.717, 1.165) is 0 Å². The second-order valence-corrected chi connectivity index (χ2v) is 6.43. The second-order valence-electron chi connectivity index (χ2n) is 4.32. The van der Waals surface area contributed by atoms with Crippen LogP contribution in [0.1, 0.15) is 6.92 Å². The summed E-state index contributed by atoms with van der Waals surface area (Å²) in [5, 5.41) is 0.125. The molecule has 0 aliphatic heterocycles. The summed E-state index contributed by atoms with van der Waals surface area (Å²) in [6, 6.07) is 4.69. The molecule has 1 aromatic carbocycles. The summed E-state index contributed by atoms with van der Waals surface area (Å²) in [5.41, 5.74) is 5.81. The standard InChI is InChI=1S/C11H18ClN3O2S/c1-8(15(2)3)7-14-18(16,17)11-9(12)5-4-6-10(11)13/h4-6,8,14H,7,13H2,1-3H3. The van der Waals surface area contributed by atoms with Gasteiger partial charge in [0.15, 0.2) is 0 Å². The second kappa shape index (κ2) is 5.88. The topological polar surface area (TPSA) is 75.4 Å². The lowest BCUT2D eigenvalue weighted by molar-refractivity contribution is 0.314. The van der Waals surface area contributed by atoms with Crippen LogP contribution in [0.2, 0.25) is 5.02 Å². The van der Waals surface area contributed by atoms with E-state index < -0.39 is 10.0 Å². The van der Waals surface area contributed by atoms with Gasteiger partial charge in [-0.05, 0) is 33.2 Å². The molecule has 0 fully saturated rings. The zero-order valence-corrected chi connectivity index (χ0v) is 12.2. The lowest BCUT2D eigenvalue weighted by Crippen LogP contribution is -2.38. The fourth-order valence-electron chi connectivity index (χ4n) is 1.29. The SMILES string of the molecule is CC(CNS(=O)(=O)c1c(N)cccc1Cl)N(C)C. The molecule has 1 rings (SSSR count). The van der Waals surface area contributed by atoms with E-state index in [0.29, 0.717) is 6.54 Å². The summed E-state index contributed by atoms with van der Waals surface area (Å²) in [7, 11) is 0.0718. The van der Waals surface area contributed by atoms with Crippen molar-refractivity contribution in [1.82, 2.24) is 9.62 Å². The quantitative estimate of drug-likeness (QED) is 0.798. The van der Waals surface area contributed by atoms with Crippen molar-refractivity contribution < 1.29 is 8.42 Å². The molecule has 0 amide bonds. The van der Waals surface area contributed by atoms with E-state index in [9.17, 15) is 8.42 Å². The first-order valence-corrected chi connectivity index (χ1v) is 7.32. The molecule has 18 heavy (non-hydrogen) atoms. The molecule has 1 atom stereocenters. The first-order valence-electron chi connectivity index (χ1n) is 5.46. The number of sulfonamides is 1. The van der Waals surface area contributed by atoms with Gasteiger partial charge in [-0.25, -0.2) is 13.1 Å². The molecule has 1 unspecified atom stereocenters. The van der Waals surface area contributed by atoms with Crippen LogP contribution in [0.5, 0.6) is 0 Å².